The first-order chi connectivity index (χ1) is 4.86. The zero-order valence-electron chi connectivity index (χ0n) is 5.54. The van der Waals surface area contributed by atoms with Crippen molar-refractivity contribution in [3.63, 3.8) is 0 Å². The molecule has 1 aliphatic carbocycles. The van der Waals surface area contributed by atoms with Gasteiger partial charge in [0, 0.05) is 5.92 Å². The standard InChI is InChI=1S/C9H7N/c1-7-2-3-8-6-9(8)4-5-10-7/h2-4,6,9H,1H2. The lowest BCUT2D eigenvalue weighted by Gasteiger charge is -1.89. The van der Waals surface area contributed by atoms with Gasteiger partial charge >= 0.3 is 0 Å². The maximum atomic E-state index is 3.94. The molecule has 48 valence electrons. The Morgan fingerprint density at radius 1 is 1.50 bits per heavy atom. The second-order valence-electron chi connectivity index (χ2n) is 2.42. The van der Waals surface area contributed by atoms with Gasteiger partial charge in [-0.3, -0.25) is 0 Å². The Balaban J connectivity index is 2.36. The molecule has 0 aromatic carbocycles. The zero-order chi connectivity index (χ0) is 6.97. The van der Waals surface area contributed by atoms with Crippen molar-refractivity contribution in [2.45, 2.75) is 0 Å². The molecule has 0 fully saturated rings. The van der Waals surface area contributed by atoms with Crippen molar-refractivity contribution in [1.29, 1.82) is 0 Å². The van der Waals surface area contributed by atoms with Crippen LogP contribution >= 0.6 is 0 Å². The van der Waals surface area contributed by atoms with Crippen molar-refractivity contribution < 1.29 is 0 Å². The molecule has 0 aromatic rings. The average Bonchev–Trinajstić information content (AvgIpc) is 2.59. The van der Waals surface area contributed by atoms with Crippen LogP contribution in [0.4, 0.5) is 0 Å². The smallest absolute Gasteiger partial charge is 0.0657 e. The Hall–Kier alpha value is -1.33. The summed E-state index contributed by atoms with van der Waals surface area (Å²) in [5, 5.41) is 0. The molecule has 0 radical (unpaired) electrons. The maximum Gasteiger partial charge on any atom is 0.0657 e. The van der Waals surface area contributed by atoms with Crippen LogP contribution in [0.25, 0.3) is 0 Å². The van der Waals surface area contributed by atoms with Gasteiger partial charge in [0.15, 0.2) is 0 Å². The minimum absolute atomic E-state index is 0.507. The fourth-order valence-electron chi connectivity index (χ4n) is 0.900. The fraction of sp³-hybridized carbons (Fsp3) is 0.111. The van der Waals surface area contributed by atoms with Crippen LogP contribution in [0.3, 0.4) is 0 Å². The summed E-state index contributed by atoms with van der Waals surface area (Å²) in [6.07, 6.45) is 8.07. The Morgan fingerprint density at radius 3 is 3.30 bits per heavy atom. The number of rotatable bonds is 0. The molecule has 1 nitrogen and oxygen atoms in total. The highest BCUT2D eigenvalue weighted by Crippen LogP contribution is 2.31. The lowest BCUT2D eigenvalue weighted by atomic mass is 10.2. The first-order valence-electron chi connectivity index (χ1n) is 3.24. The van der Waals surface area contributed by atoms with Gasteiger partial charge in [0.1, 0.15) is 0 Å². The predicted molar refractivity (Wildman–Crippen MR) is 41.9 cm³/mol. The van der Waals surface area contributed by atoms with E-state index in [2.05, 4.69) is 23.5 Å². The summed E-state index contributed by atoms with van der Waals surface area (Å²) in [7, 11) is 0. The predicted octanol–water partition coefficient (Wildman–Crippen LogP) is 1.85. The van der Waals surface area contributed by atoms with Gasteiger partial charge < -0.3 is 0 Å². The van der Waals surface area contributed by atoms with Crippen molar-refractivity contribution >= 4 is 5.87 Å². The molecule has 0 N–H and O–H groups in total. The SMILES string of the molecule is C=C1C=CC2=CC2C=C=N1. The number of fused-ring (bicyclic) bond motifs is 1. The molecule has 2 aliphatic rings. The molecule has 10 heavy (non-hydrogen) atoms. The largest absolute Gasteiger partial charge is 0.207 e. The first-order valence-corrected chi connectivity index (χ1v) is 3.24. The van der Waals surface area contributed by atoms with E-state index < -0.39 is 0 Å². The Bertz CT molecular complexity index is 299. The van der Waals surface area contributed by atoms with Gasteiger partial charge in [-0.05, 0) is 23.6 Å². The van der Waals surface area contributed by atoms with Crippen LogP contribution in [-0.4, -0.2) is 5.87 Å². The van der Waals surface area contributed by atoms with Gasteiger partial charge in [0.05, 0.1) is 5.70 Å². The van der Waals surface area contributed by atoms with Gasteiger partial charge in [0.25, 0.3) is 0 Å². The van der Waals surface area contributed by atoms with Crippen molar-refractivity contribution in [2.24, 2.45) is 10.9 Å². The molecule has 1 heteroatoms. The number of hydrogen-bond acceptors (Lipinski definition) is 1. The summed E-state index contributed by atoms with van der Waals surface area (Å²) in [4.78, 5) is 3.94. The first kappa shape index (κ1) is 5.45. The Labute approximate surface area is 59.8 Å². The third-order valence-electron chi connectivity index (χ3n) is 1.58. The average molecular weight is 129 g/mol. The molecule has 1 atom stereocenters. The molecule has 0 spiro atoms. The molecule has 1 unspecified atom stereocenters. The lowest BCUT2D eigenvalue weighted by molar-refractivity contribution is 1.21. The van der Waals surface area contributed by atoms with E-state index in [9.17, 15) is 0 Å². The van der Waals surface area contributed by atoms with Crippen LogP contribution in [0.15, 0.2) is 47.1 Å². The normalized spacial score (nSPS) is 27.0. The van der Waals surface area contributed by atoms with E-state index >= 15 is 0 Å². The van der Waals surface area contributed by atoms with E-state index in [1.54, 1.807) is 0 Å². The van der Waals surface area contributed by atoms with Crippen molar-refractivity contribution in [2.75, 3.05) is 0 Å². The Morgan fingerprint density at radius 2 is 2.40 bits per heavy atom. The fourth-order valence-corrected chi connectivity index (χ4v) is 0.900. The molecule has 0 aromatic heterocycles. The monoisotopic (exact) mass is 129 g/mol. The molecule has 0 amide bonds. The molecule has 1 heterocycles. The summed E-state index contributed by atoms with van der Waals surface area (Å²) >= 11 is 0. The minimum atomic E-state index is 0.507. The van der Waals surface area contributed by atoms with Crippen LogP contribution in [0.5, 0.6) is 0 Å². The highest BCUT2D eigenvalue weighted by Gasteiger charge is 2.18. The second kappa shape index (κ2) is 1.83. The quantitative estimate of drug-likeness (QED) is 0.473. The van der Waals surface area contributed by atoms with Crippen LogP contribution in [0, 0.1) is 5.92 Å². The summed E-state index contributed by atoms with van der Waals surface area (Å²) in [5.74, 6) is 3.33. The van der Waals surface area contributed by atoms with Crippen LogP contribution < -0.4 is 0 Å². The summed E-state index contributed by atoms with van der Waals surface area (Å²) in [6.45, 7) is 3.71. The van der Waals surface area contributed by atoms with Crippen LogP contribution in [0.1, 0.15) is 0 Å². The van der Waals surface area contributed by atoms with Gasteiger partial charge in [-0.2, -0.15) is 0 Å². The highest BCUT2D eigenvalue weighted by molar-refractivity contribution is 5.62. The molecule has 0 saturated heterocycles. The van der Waals surface area contributed by atoms with Crippen molar-refractivity contribution in [3.8, 4) is 0 Å². The van der Waals surface area contributed by atoms with E-state index in [-0.39, 0.29) is 0 Å². The van der Waals surface area contributed by atoms with E-state index in [4.69, 9.17) is 0 Å². The zero-order valence-corrected chi connectivity index (χ0v) is 5.54. The van der Waals surface area contributed by atoms with Gasteiger partial charge in [-0.25, -0.2) is 4.99 Å². The van der Waals surface area contributed by atoms with E-state index in [1.165, 1.54) is 5.57 Å². The topological polar surface area (TPSA) is 12.4 Å². The molecule has 0 bridgehead atoms. The maximum absolute atomic E-state index is 3.94. The molecular weight excluding hydrogens is 122 g/mol. The summed E-state index contributed by atoms with van der Waals surface area (Å²) < 4.78 is 0. The van der Waals surface area contributed by atoms with Gasteiger partial charge in [0.2, 0.25) is 0 Å². The van der Waals surface area contributed by atoms with Gasteiger partial charge in [-0.1, -0.05) is 18.7 Å². The van der Waals surface area contributed by atoms with E-state index in [0.717, 1.165) is 5.70 Å². The minimum Gasteiger partial charge on any atom is -0.207 e. The van der Waals surface area contributed by atoms with E-state index in [0.29, 0.717) is 5.92 Å². The van der Waals surface area contributed by atoms with Gasteiger partial charge in [-0.15, -0.1) is 0 Å². The lowest BCUT2D eigenvalue weighted by Crippen LogP contribution is -1.76. The van der Waals surface area contributed by atoms with Crippen molar-refractivity contribution in [1.82, 2.24) is 0 Å². The van der Waals surface area contributed by atoms with Crippen molar-refractivity contribution in [3.05, 3.63) is 42.2 Å². The highest BCUT2D eigenvalue weighted by atomic mass is 14.7. The Kier molecular flexibility index (Phi) is 0.996. The molecule has 2 rings (SSSR count). The third kappa shape index (κ3) is 0.873. The summed E-state index contributed by atoms with van der Waals surface area (Å²) in [5.41, 5.74) is 2.12. The van der Waals surface area contributed by atoms with E-state index in [1.807, 2.05) is 18.2 Å². The summed E-state index contributed by atoms with van der Waals surface area (Å²) in [6, 6.07) is 0. The van der Waals surface area contributed by atoms with Crippen LogP contribution in [0.2, 0.25) is 0 Å². The second-order valence-corrected chi connectivity index (χ2v) is 2.42. The molecule has 1 aliphatic heterocycles. The number of nitrogens with zero attached hydrogens (tertiary/aromatic N) is 1. The molecule has 0 saturated carbocycles. The number of hydrogen-bond donors (Lipinski definition) is 0. The third-order valence-corrected chi connectivity index (χ3v) is 1.58. The number of allylic oxidation sites excluding steroid dienone is 5. The molecular formula is C9H7N. The van der Waals surface area contributed by atoms with Crippen LogP contribution in [-0.2, 0) is 0 Å². The number of aliphatic imine (C=N–C) groups is 1.